The van der Waals surface area contributed by atoms with Gasteiger partial charge in [0.1, 0.15) is 0 Å². The SMILES string of the molecule is COC1CC(NC(=O)CC(C)C)C1. The molecular formula is C10H19NO2. The van der Waals surface area contributed by atoms with Crippen molar-refractivity contribution in [3.05, 3.63) is 0 Å². The van der Waals surface area contributed by atoms with Crippen LogP contribution in [0.4, 0.5) is 0 Å². The van der Waals surface area contributed by atoms with Crippen molar-refractivity contribution >= 4 is 5.91 Å². The molecule has 1 fully saturated rings. The Morgan fingerprint density at radius 2 is 2.15 bits per heavy atom. The van der Waals surface area contributed by atoms with Crippen LogP contribution in [0, 0.1) is 5.92 Å². The zero-order valence-electron chi connectivity index (χ0n) is 8.67. The van der Waals surface area contributed by atoms with E-state index in [1.165, 1.54) is 0 Å². The van der Waals surface area contributed by atoms with Gasteiger partial charge in [-0.2, -0.15) is 0 Å². The van der Waals surface area contributed by atoms with Crippen molar-refractivity contribution in [2.75, 3.05) is 7.11 Å². The van der Waals surface area contributed by atoms with Crippen molar-refractivity contribution in [1.82, 2.24) is 5.32 Å². The summed E-state index contributed by atoms with van der Waals surface area (Å²) in [4.78, 5) is 11.3. The van der Waals surface area contributed by atoms with Crippen LogP contribution in [0.25, 0.3) is 0 Å². The normalized spacial score (nSPS) is 27.1. The van der Waals surface area contributed by atoms with Gasteiger partial charge in [-0.1, -0.05) is 13.8 Å². The molecule has 0 spiro atoms. The smallest absolute Gasteiger partial charge is 0.220 e. The van der Waals surface area contributed by atoms with Gasteiger partial charge in [0.15, 0.2) is 0 Å². The summed E-state index contributed by atoms with van der Waals surface area (Å²) < 4.78 is 5.13. The molecule has 0 aromatic heterocycles. The van der Waals surface area contributed by atoms with Gasteiger partial charge in [-0.05, 0) is 18.8 Å². The third-order valence-electron chi connectivity index (χ3n) is 2.39. The predicted octanol–water partition coefficient (Wildman–Crippen LogP) is 1.33. The molecule has 1 rings (SSSR count). The van der Waals surface area contributed by atoms with Crippen LogP contribution in [0.15, 0.2) is 0 Å². The highest BCUT2D eigenvalue weighted by Crippen LogP contribution is 2.22. The van der Waals surface area contributed by atoms with Crippen LogP contribution >= 0.6 is 0 Å². The highest BCUT2D eigenvalue weighted by molar-refractivity contribution is 5.76. The minimum Gasteiger partial charge on any atom is -0.381 e. The van der Waals surface area contributed by atoms with Gasteiger partial charge in [0, 0.05) is 19.6 Å². The molecule has 0 saturated heterocycles. The van der Waals surface area contributed by atoms with Gasteiger partial charge >= 0.3 is 0 Å². The Morgan fingerprint density at radius 1 is 1.54 bits per heavy atom. The molecular weight excluding hydrogens is 166 g/mol. The van der Waals surface area contributed by atoms with Crippen molar-refractivity contribution in [2.24, 2.45) is 5.92 Å². The average Bonchev–Trinajstić information content (AvgIpc) is 1.94. The number of hydrogen-bond acceptors (Lipinski definition) is 2. The number of ether oxygens (including phenoxy) is 1. The van der Waals surface area contributed by atoms with E-state index in [0.29, 0.717) is 24.5 Å². The van der Waals surface area contributed by atoms with E-state index in [0.717, 1.165) is 12.8 Å². The number of hydrogen-bond donors (Lipinski definition) is 1. The quantitative estimate of drug-likeness (QED) is 0.717. The summed E-state index contributed by atoms with van der Waals surface area (Å²) >= 11 is 0. The van der Waals surface area contributed by atoms with Crippen LogP contribution in [-0.2, 0) is 9.53 Å². The maximum Gasteiger partial charge on any atom is 0.220 e. The summed E-state index contributed by atoms with van der Waals surface area (Å²) in [5.41, 5.74) is 0. The van der Waals surface area contributed by atoms with Crippen LogP contribution in [0.5, 0.6) is 0 Å². The third kappa shape index (κ3) is 3.35. The molecule has 1 aliphatic carbocycles. The zero-order valence-corrected chi connectivity index (χ0v) is 8.67. The van der Waals surface area contributed by atoms with Crippen molar-refractivity contribution in [3.8, 4) is 0 Å². The van der Waals surface area contributed by atoms with Gasteiger partial charge in [0.2, 0.25) is 5.91 Å². The number of carbonyl (C=O) groups excluding carboxylic acids is 1. The Labute approximate surface area is 79.8 Å². The molecule has 3 nitrogen and oxygen atoms in total. The second-order valence-corrected chi connectivity index (χ2v) is 4.19. The Kier molecular flexibility index (Phi) is 3.72. The van der Waals surface area contributed by atoms with Crippen molar-refractivity contribution < 1.29 is 9.53 Å². The molecule has 76 valence electrons. The largest absolute Gasteiger partial charge is 0.381 e. The maximum absolute atomic E-state index is 11.3. The van der Waals surface area contributed by atoms with E-state index in [1.54, 1.807) is 7.11 Å². The van der Waals surface area contributed by atoms with Crippen molar-refractivity contribution in [1.29, 1.82) is 0 Å². The molecule has 1 amide bonds. The van der Waals surface area contributed by atoms with Crippen molar-refractivity contribution in [3.63, 3.8) is 0 Å². The fourth-order valence-electron chi connectivity index (χ4n) is 1.53. The Morgan fingerprint density at radius 3 is 2.62 bits per heavy atom. The first kappa shape index (κ1) is 10.5. The van der Waals surface area contributed by atoms with E-state index in [1.807, 2.05) is 0 Å². The second-order valence-electron chi connectivity index (χ2n) is 4.19. The summed E-state index contributed by atoms with van der Waals surface area (Å²) in [6.07, 6.45) is 2.94. The average molecular weight is 185 g/mol. The lowest BCUT2D eigenvalue weighted by Gasteiger charge is -2.34. The minimum absolute atomic E-state index is 0.176. The molecule has 0 aromatic rings. The number of methoxy groups -OCH3 is 1. The van der Waals surface area contributed by atoms with E-state index >= 15 is 0 Å². The first-order chi connectivity index (χ1) is 6.11. The molecule has 1 N–H and O–H groups in total. The monoisotopic (exact) mass is 185 g/mol. The van der Waals surface area contributed by atoms with E-state index in [2.05, 4.69) is 19.2 Å². The minimum atomic E-state index is 0.176. The lowest BCUT2D eigenvalue weighted by molar-refractivity contribution is -0.124. The maximum atomic E-state index is 11.3. The zero-order chi connectivity index (χ0) is 9.84. The lowest BCUT2D eigenvalue weighted by atomic mass is 9.89. The van der Waals surface area contributed by atoms with Crippen LogP contribution in [0.2, 0.25) is 0 Å². The van der Waals surface area contributed by atoms with E-state index in [-0.39, 0.29) is 5.91 Å². The number of carbonyl (C=O) groups is 1. The van der Waals surface area contributed by atoms with Crippen molar-refractivity contribution in [2.45, 2.75) is 45.3 Å². The molecule has 13 heavy (non-hydrogen) atoms. The topological polar surface area (TPSA) is 38.3 Å². The molecule has 1 aliphatic rings. The van der Waals surface area contributed by atoms with Gasteiger partial charge in [0.25, 0.3) is 0 Å². The van der Waals surface area contributed by atoms with Gasteiger partial charge in [-0.3, -0.25) is 4.79 Å². The lowest BCUT2D eigenvalue weighted by Crippen LogP contribution is -2.47. The van der Waals surface area contributed by atoms with Crippen LogP contribution in [0.1, 0.15) is 33.1 Å². The molecule has 1 saturated carbocycles. The molecule has 0 atom stereocenters. The number of rotatable bonds is 4. The summed E-state index contributed by atoms with van der Waals surface area (Å²) in [6, 6.07) is 0.358. The van der Waals surface area contributed by atoms with E-state index < -0.39 is 0 Å². The standard InChI is InChI=1S/C10H19NO2/c1-7(2)4-10(12)11-8-5-9(6-8)13-3/h7-9H,4-6H2,1-3H3,(H,11,12). The summed E-state index contributed by atoms with van der Waals surface area (Å²) in [7, 11) is 1.72. The molecule has 0 radical (unpaired) electrons. The molecule has 0 unspecified atom stereocenters. The van der Waals surface area contributed by atoms with Crippen LogP contribution in [0.3, 0.4) is 0 Å². The fourth-order valence-corrected chi connectivity index (χ4v) is 1.53. The summed E-state index contributed by atoms with van der Waals surface area (Å²) in [6.45, 7) is 4.11. The third-order valence-corrected chi connectivity index (χ3v) is 2.39. The first-order valence-electron chi connectivity index (χ1n) is 4.94. The van der Waals surface area contributed by atoms with Crippen LogP contribution in [-0.4, -0.2) is 25.2 Å². The summed E-state index contributed by atoms with van der Waals surface area (Å²) in [5, 5.41) is 2.99. The Balaban J connectivity index is 2.09. The van der Waals surface area contributed by atoms with Gasteiger partial charge in [-0.25, -0.2) is 0 Å². The van der Waals surface area contributed by atoms with E-state index in [9.17, 15) is 4.79 Å². The highest BCUT2D eigenvalue weighted by atomic mass is 16.5. The first-order valence-corrected chi connectivity index (χ1v) is 4.94. The molecule has 0 aromatic carbocycles. The fraction of sp³-hybridized carbons (Fsp3) is 0.900. The van der Waals surface area contributed by atoms with Crippen LogP contribution < -0.4 is 5.32 Å². The molecule has 0 heterocycles. The second kappa shape index (κ2) is 4.61. The summed E-state index contributed by atoms with van der Waals surface area (Å²) in [5.74, 6) is 0.618. The Hall–Kier alpha value is -0.570. The van der Waals surface area contributed by atoms with E-state index in [4.69, 9.17) is 4.74 Å². The highest BCUT2D eigenvalue weighted by Gasteiger charge is 2.29. The number of amides is 1. The predicted molar refractivity (Wildman–Crippen MR) is 51.4 cm³/mol. The van der Waals surface area contributed by atoms with Gasteiger partial charge in [-0.15, -0.1) is 0 Å². The molecule has 3 heteroatoms. The number of nitrogens with one attached hydrogen (secondary N) is 1. The van der Waals surface area contributed by atoms with Gasteiger partial charge < -0.3 is 10.1 Å². The Bertz CT molecular complexity index is 174. The van der Waals surface area contributed by atoms with Gasteiger partial charge in [0.05, 0.1) is 6.10 Å². The molecule has 0 bridgehead atoms. The molecule has 0 aliphatic heterocycles.